The highest BCUT2D eigenvalue weighted by molar-refractivity contribution is 9.10. The number of halogens is 1. The zero-order valence-electron chi connectivity index (χ0n) is 9.94. The van der Waals surface area contributed by atoms with Crippen molar-refractivity contribution in [2.75, 3.05) is 12.3 Å². The molecule has 1 aromatic carbocycles. The summed E-state index contributed by atoms with van der Waals surface area (Å²) in [5.74, 6) is -0.389. The van der Waals surface area contributed by atoms with Crippen molar-refractivity contribution in [3.05, 3.63) is 34.6 Å². The Bertz CT molecular complexity index is 599. The Morgan fingerprint density at radius 1 is 1.44 bits per heavy atom. The molecule has 0 aliphatic rings. The summed E-state index contributed by atoms with van der Waals surface area (Å²) in [6.07, 6.45) is 4.14. The van der Waals surface area contributed by atoms with Crippen molar-refractivity contribution in [1.29, 1.82) is 0 Å². The topological polar surface area (TPSA) is 65.2 Å². The summed E-state index contributed by atoms with van der Waals surface area (Å²) in [5.41, 5.74) is 6.84. The Morgan fingerprint density at radius 3 is 2.94 bits per heavy atom. The van der Waals surface area contributed by atoms with Crippen LogP contribution in [-0.4, -0.2) is 17.6 Å². The van der Waals surface area contributed by atoms with Gasteiger partial charge in [0.15, 0.2) is 0 Å². The van der Waals surface area contributed by atoms with Crippen LogP contribution in [0.1, 0.15) is 23.7 Å². The van der Waals surface area contributed by atoms with E-state index in [1.807, 2.05) is 13.0 Å². The van der Waals surface area contributed by atoms with Gasteiger partial charge >= 0.3 is 5.97 Å². The van der Waals surface area contributed by atoms with Gasteiger partial charge in [-0.25, -0.2) is 4.79 Å². The summed E-state index contributed by atoms with van der Waals surface area (Å²) in [7, 11) is 0. The zero-order chi connectivity index (χ0) is 13.1. The van der Waals surface area contributed by atoms with Crippen LogP contribution in [0.4, 0.5) is 5.69 Å². The number of aromatic nitrogens is 1. The smallest absolute Gasteiger partial charge is 0.340 e. The first-order valence-electron chi connectivity index (χ1n) is 5.64. The monoisotopic (exact) mass is 308 g/mol. The summed E-state index contributed by atoms with van der Waals surface area (Å²) in [5, 5.41) is 1.67. The molecule has 18 heavy (non-hydrogen) atoms. The Balaban J connectivity index is 2.51. The van der Waals surface area contributed by atoms with Crippen LogP contribution in [0.15, 0.2) is 29.0 Å². The number of carbonyl (C=O) groups is 1. The summed E-state index contributed by atoms with van der Waals surface area (Å²) in [4.78, 5) is 15.9. The minimum Gasteiger partial charge on any atom is -0.462 e. The Morgan fingerprint density at radius 2 is 2.22 bits per heavy atom. The van der Waals surface area contributed by atoms with Crippen molar-refractivity contribution in [2.24, 2.45) is 0 Å². The third-order valence-electron chi connectivity index (χ3n) is 2.58. The van der Waals surface area contributed by atoms with Crippen LogP contribution in [0.3, 0.4) is 0 Å². The number of nitrogen functional groups attached to an aromatic ring is 1. The van der Waals surface area contributed by atoms with E-state index in [1.54, 1.807) is 18.5 Å². The number of rotatable bonds is 3. The van der Waals surface area contributed by atoms with E-state index in [0.29, 0.717) is 17.9 Å². The van der Waals surface area contributed by atoms with Crippen molar-refractivity contribution in [3.8, 4) is 0 Å². The van der Waals surface area contributed by atoms with Gasteiger partial charge < -0.3 is 10.5 Å². The van der Waals surface area contributed by atoms with Crippen LogP contribution < -0.4 is 5.73 Å². The van der Waals surface area contributed by atoms with Crippen molar-refractivity contribution in [1.82, 2.24) is 4.98 Å². The largest absolute Gasteiger partial charge is 0.462 e. The summed E-state index contributed by atoms with van der Waals surface area (Å²) >= 11 is 3.39. The Hall–Kier alpha value is -1.62. The van der Waals surface area contributed by atoms with Crippen LogP contribution in [0.25, 0.3) is 10.8 Å². The number of hydrogen-bond acceptors (Lipinski definition) is 4. The Kier molecular flexibility index (Phi) is 3.81. The first kappa shape index (κ1) is 12.8. The molecule has 0 aliphatic carbocycles. The summed E-state index contributed by atoms with van der Waals surface area (Å²) in [6.45, 7) is 2.34. The maximum Gasteiger partial charge on any atom is 0.340 e. The molecule has 94 valence electrons. The number of carbonyl (C=O) groups excluding carboxylic acids is 1. The molecule has 0 fully saturated rings. The molecule has 2 N–H and O–H groups in total. The van der Waals surface area contributed by atoms with Gasteiger partial charge in [-0.15, -0.1) is 0 Å². The van der Waals surface area contributed by atoms with E-state index in [2.05, 4.69) is 20.9 Å². The molecule has 0 saturated heterocycles. The summed E-state index contributed by atoms with van der Waals surface area (Å²) < 4.78 is 5.86. The lowest BCUT2D eigenvalue weighted by Crippen LogP contribution is -2.09. The van der Waals surface area contributed by atoms with Gasteiger partial charge in [0.25, 0.3) is 0 Å². The molecular formula is C13H13BrN2O2. The van der Waals surface area contributed by atoms with Crippen molar-refractivity contribution in [2.45, 2.75) is 13.3 Å². The highest BCUT2D eigenvalue weighted by Gasteiger charge is 2.14. The summed E-state index contributed by atoms with van der Waals surface area (Å²) in [6, 6.07) is 3.48. The number of nitrogens with two attached hydrogens (primary N) is 1. The molecule has 4 nitrogen and oxygen atoms in total. The molecule has 2 rings (SSSR count). The highest BCUT2D eigenvalue weighted by Crippen LogP contribution is 2.30. The van der Waals surface area contributed by atoms with Crippen molar-refractivity contribution in [3.63, 3.8) is 0 Å². The number of fused-ring (bicyclic) bond motifs is 1. The average molecular weight is 309 g/mol. The SMILES string of the molecule is CCCOC(=O)c1ccc2cncc(Br)c2c1N. The van der Waals surface area contributed by atoms with Crippen LogP contribution in [-0.2, 0) is 4.74 Å². The molecule has 0 saturated carbocycles. The van der Waals surface area contributed by atoms with Crippen LogP contribution in [0.5, 0.6) is 0 Å². The molecule has 1 heterocycles. The normalized spacial score (nSPS) is 10.6. The molecular weight excluding hydrogens is 296 g/mol. The molecule has 1 aromatic heterocycles. The molecule has 2 aromatic rings. The van der Waals surface area contributed by atoms with E-state index in [-0.39, 0.29) is 5.97 Å². The molecule has 0 spiro atoms. The van der Waals surface area contributed by atoms with Gasteiger partial charge in [-0.2, -0.15) is 0 Å². The lowest BCUT2D eigenvalue weighted by Gasteiger charge is -2.09. The second-order valence-electron chi connectivity index (χ2n) is 3.88. The maximum atomic E-state index is 11.8. The van der Waals surface area contributed by atoms with E-state index in [0.717, 1.165) is 21.7 Å². The fourth-order valence-electron chi connectivity index (χ4n) is 1.71. The van der Waals surface area contributed by atoms with Gasteiger partial charge in [0.1, 0.15) is 0 Å². The lowest BCUT2D eigenvalue weighted by atomic mass is 10.1. The van der Waals surface area contributed by atoms with E-state index in [4.69, 9.17) is 10.5 Å². The van der Waals surface area contributed by atoms with E-state index >= 15 is 0 Å². The number of esters is 1. The zero-order valence-corrected chi connectivity index (χ0v) is 11.5. The number of anilines is 1. The van der Waals surface area contributed by atoms with Gasteiger partial charge in [-0.05, 0) is 28.4 Å². The third-order valence-corrected chi connectivity index (χ3v) is 3.18. The average Bonchev–Trinajstić information content (AvgIpc) is 2.36. The Labute approximate surface area is 113 Å². The van der Waals surface area contributed by atoms with Crippen LogP contribution in [0.2, 0.25) is 0 Å². The molecule has 0 radical (unpaired) electrons. The maximum absolute atomic E-state index is 11.8. The van der Waals surface area contributed by atoms with Gasteiger partial charge in [-0.3, -0.25) is 4.98 Å². The van der Waals surface area contributed by atoms with Gasteiger partial charge in [0.05, 0.1) is 17.9 Å². The van der Waals surface area contributed by atoms with Crippen LogP contribution in [0, 0.1) is 0 Å². The number of benzene rings is 1. The number of nitrogens with zero attached hydrogens (tertiary/aromatic N) is 1. The lowest BCUT2D eigenvalue weighted by molar-refractivity contribution is 0.0506. The predicted molar refractivity (Wildman–Crippen MR) is 74.4 cm³/mol. The molecule has 0 atom stereocenters. The van der Waals surface area contributed by atoms with E-state index in [1.165, 1.54) is 0 Å². The standard InChI is InChI=1S/C13H13BrN2O2/c1-2-5-18-13(17)9-4-3-8-6-16-7-10(14)11(8)12(9)15/h3-4,6-7H,2,5,15H2,1H3. The van der Waals surface area contributed by atoms with Crippen molar-refractivity contribution >= 4 is 38.4 Å². The first-order chi connectivity index (χ1) is 8.65. The van der Waals surface area contributed by atoms with Gasteiger partial charge in [0.2, 0.25) is 0 Å². The minimum atomic E-state index is -0.389. The predicted octanol–water partition coefficient (Wildman–Crippen LogP) is 3.15. The molecule has 5 heteroatoms. The minimum absolute atomic E-state index is 0.389. The van der Waals surface area contributed by atoms with Gasteiger partial charge in [0, 0.05) is 27.6 Å². The highest BCUT2D eigenvalue weighted by atomic mass is 79.9. The fourth-order valence-corrected chi connectivity index (χ4v) is 2.27. The third kappa shape index (κ3) is 2.31. The van der Waals surface area contributed by atoms with Crippen molar-refractivity contribution < 1.29 is 9.53 Å². The number of hydrogen-bond donors (Lipinski definition) is 1. The molecule has 0 unspecified atom stereocenters. The quantitative estimate of drug-likeness (QED) is 0.699. The van der Waals surface area contributed by atoms with E-state index < -0.39 is 0 Å². The van der Waals surface area contributed by atoms with E-state index in [9.17, 15) is 4.79 Å². The second kappa shape index (κ2) is 5.35. The molecule has 0 amide bonds. The number of pyridine rings is 1. The molecule has 0 bridgehead atoms. The number of ether oxygens (including phenoxy) is 1. The first-order valence-corrected chi connectivity index (χ1v) is 6.43. The fraction of sp³-hybridized carbons (Fsp3) is 0.231. The van der Waals surface area contributed by atoms with Crippen LogP contribution >= 0.6 is 15.9 Å². The van der Waals surface area contributed by atoms with Gasteiger partial charge in [-0.1, -0.05) is 13.0 Å². The second-order valence-corrected chi connectivity index (χ2v) is 4.74. The molecule has 0 aliphatic heterocycles.